The van der Waals surface area contributed by atoms with Crippen molar-refractivity contribution >= 4 is 11.8 Å². The maximum atomic E-state index is 5.25. The summed E-state index contributed by atoms with van der Waals surface area (Å²) in [4.78, 5) is 0. The fourth-order valence-corrected chi connectivity index (χ4v) is 0.699. The number of hydrogen-bond donors (Lipinski definition) is 1. The number of rotatable bonds is 3. The minimum absolute atomic E-state index is 0.724. The summed E-state index contributed by atoms with van der Waals surface area (Å²) in [6.45, 7) is 5.65. The van der Waals surface area contributed by atoms with Gasteiger partial charge in [0.15, 0.2) is 0 Å². The summed E-state index contributed by atoms with van der Waals surface area (Å²) in [6.07, 6.45) is 1.17. The number of hydrogen-bond acceptors (Lipinski definition) is 2. The second-order valence-electron chi connectivity index (χ2n) is 1.31. The molecule has 0 aliphatic heterocycles. The van der Waals surface area contributed by atoms with Crippen LogP contribution in [-0.4, -0.2) is 5.75 Å². The summed E-state index contributed by atoms with van der Waals surface area (Å²) in [6, 6.07) is 0. The third kappa shape index (κ3) is 5.89. The first-order valence-corrected chi connectivity index (χ1v) is 3.33. The van der Waals surface area contributed by atoms with Crippen molar-refractivity contribution in [2.45, 2.75) is 13.3 Å². The van der Waals surface area contributed by atoms with Gasteiger partial charge in [-0.2, -0.15) is 0 Å². The SMILES string of the molecule is C=C(N)SCCC. The molecule has 0 spiro atoms. The van der Waals surface area contributed by atoms with E-state index in [9.17, 15) is 0 Å². The van der Waals surface area contributed by atoms with E-state index in [1.54, 1.807) is 11.8 Å². The molecule has 0 unspecified atom stereocenters. The van der Waals surface area contributed by atoms with Crippen molar-refractivity contribution in [1.82, 2.24) is 0 Å². The van der Waals surface area contributed by atoms with Crippen LogP contribution in [0.5, 0.6) is 0 Å². The summed E-state index contributed by atoms with van der Waals surface area (Å²) in [5.74, 6) is 1.09. The Kier molecular flexibility index (Phi) is 4.00. The summed E-state index contributed by atoms with van der Waals surface area (Å²) < 4.78 is 0. The van der Waals surface area contributed by atoms with Crippen molar-refractivity contribution < 1.29 is 0 Å². The Bertz CT molecular complexity index is 61.1. The molecule has 0 aliphatic carbocycles. The third-order valence-corrected chi connectivity index (χ3v) is 1.47. The van der Waals surface area contributed by atoms with Crippen LogP contribution in [0.4, 0.5) is 0 Å². The minimum atomic E-state index is 0.724. The van der Waals surface area contributed by atoms with E-state index in [4.69, 9.17) is 5.73 Å². The van der Waals surface area contributed by atoms with Gasteiger partial charge in [0.1, 0.15) is 0 Å². The zero-order chi connectivity index (χ0) is 5.70. The highest BCUT2D eigenvalue weighted by molar-refractivity contribution is 8.02. The Balaban J connectivity index is 2.82. The Morgan fingerprint density at radius 1 is 1.86 bits per heavy atom. The first-order valence-electron chi connectivity index (χ1n) is 2.34. The van der Waals surface area contributed by atoms with Gasteiger partial charge in [0.25, 0.3) is 0 Å². The van der Waals surface area contributed by atoms with Crippen LogP contribution < -0.4 is 5.73 Å². The topological polar surface area (TPSA) is 26.0 Å². The van der Waals surface area contributed by atoms with Crippen LogP contribution in [0.1, 0.15) is 13.3 Å². The molecule has 0 aliphatic rings. The monoisotopic (exact) mass is 117 g/mol. The van der Waals surface area contributed by atoms with Crippen LogP contribution in [-0.2, 0) is 0 Å². The van der Waals surface area contributed by atoms with Crippen LogP contribution in [0, 0.1) is 0 Å². The van der Waals surface area contributed by atoms with E-state index in [0.29, 0.717) is 0 Å². The fourth-order valence-electron chi connectivity index (χ4n) is 0.233. The van der Waals surface area contributed by atoms with Crippen molar-refractivity contribution in [1.29, 1.82) is 0 Å². The highest BCUT2D eigenvalue weighted by Crippen LogP contribution is 2.06. The van der Waals surface area contributed by atoms with E-state index in [-0.39, 0.29) is 0 Å². The highest BCUT2D eigenvalue weighted by atomic mass is 32.2. The summed E-state index contributed by atoms with van der Waals surface area (Å²) >= 11 is 1.61. The molecule has 0 amide bonds. The molecule has 2 N–H and O–H groups in total. The molecule has 0 heterocycles. The molecule has 1 nitrogen and oxygen atoms in total. The molecule has 0 bridgehead atoms. The molecule has 0 fully saturated rings. The van der Waals surface area contributed by atoms with Gasteiger partial charge in [-0.15, -0.1) is 11.8 Å². The van der Waals surface area contributed by atoms with Gasteiger partial charge in [0, 0.05) is 0 Å². The van der Waals surface area contributed by atoms with E-state index >= 15 is 0 Å². The molecule has 2 heteroatoms. The maximum absolute atomic E-state index is 5.25. The molecule has 7 heavy (non-hydrogen) atoms. The summed E-state index contributed by atoms with van der Waals surface area (Å²) in [7, 11) is 0. The predicted octanol–water partition coefficient (Wildman–Crippen LogP) is 1.56. The standard InChI is InChI=1S/C5H11NS/c1-3-4-7-5(2)6/h2-4,6H2,1H3. The molecule has 0 saturated carbocycles. The number of nitrogens with two attached hydrogens (primary N) is 1. The van der Waals surface area contributed by atoms with Crippen molar-refractivity contribution in [2.24, 2.45) is 5.73 Å². The summed E-state index contributed by atoms with van der Waals surface area (Å²) in [5, 5.41) is 0.724. The van der Waals surface area contributed by atoms with Gasteiger partial charge in [-0.05, 0) is 12.2 Å². The molecule has 0 saturated heterocycles. The van der Waals surface area contributed by atoms with E-state index in [1.165, 1.54) is 6.42 Å². The van der Waals surface area contributed by atoms with Crippen molar-refractivity contribution in [3.63, 3.8) is 0 Å². The first kappa shape index (κ1) is 6.89. The Morgan fingerprint density at radius 2 is 2.43 bits per heavy atom. The number of thioether (sulfide) groups is 1. The van der Waals surface area contributed by atoms with Gasteiger partial charge in [-0.3, -0.25) is 0 Å². The molecule has 42 valence electrons. The van der Waals surface area contributed by atoms with Crippen molar-refractivity contribution in [2.75, 3.05) is 5.75 Å². The van der Waals surface area contributed by atoms with Crippen molar-refractivity contribution in [3.05, 3.63) is 11.6 Å². The van der Waals surface area contributed by atoms with Gasteiger partial charge in [-0.25, -0.2) is 0 Å². The van der Waals surface area contributed by atoms with Gasteiger partial charge >= 0.3 is 0 Å². The van der Waals surface area contributed by atoms with E-state index < -0.39 is 0 Å². The van der Waals surface area contributed by atoms with Gasteiger partial charge < -0.3 is 5.73 Å². The average Bonchev–Trinajstić information content (AvgIpc) is 1.61. The van der Waals surface area contributed by atoms with Gasteiger partial charge in [0.05, 0.1) is 5.03 Å². The average molecular weight is 117 g/mol. The second-order valence-corrected chi connectivity index (χ2v) is 2.54. The van der Waals surface area contributed by atoms with Crippen LogP contribution in [0.15, 0.2) is 11.6 Å². The predicted molar refractivity (Wildman–Crippen MR) is 36.1 cm³/mol. The van der Waals surface area contributed by atoms with Crippen LogP contribution in [0.3, 0.4) is 0 Å². The zero-order valence-electron chi connectivity index (χ0n) is 4.61. The Labute approximate surface area is 49.0 Å². The molecule has 0 rings (SSSR count). The van der Waals surface area contributed by atoms with E-state index in [0.717, 1.165) is 10.8 Å². The van der Waals surface area contributed by atoms with Gasteiger partial charge in [-0.1, -0.05) is 13.5 Å². The Morgan fingerprint density at radius 3 is 2.57 bits per heavy atom. The second kappa shape index (κ2) is 4.06. The maximum Gasteiger partial charge on any atom is 0.0581 e. The lowest BCUT2D eigenvalue weighted by atomic mass is 10.6. The fraction of sp³-hybridized carbons (Fsp3) is 0.600. The normalized spacial score (nSPS) is 8.71. The van der Waals surface area contributed by atoms with Crippen LogP contribution >= 0.6 is 11.8 Å². The lowest BCUT2D eigenvalue weighted by molar-refractivity contribution is 1.11. The van der Waals surface area contributed by atoms with Gasteiger partial charge in [0.2, 0.25) is 0 Å². The van der Waals surface area contributed by atoms with E-state index in [2.05, 4.69) is 13.5 Å². The quantitative estimate of drug-likeness (QED) is 0.607. The van der Waals surface area contributed by atoms with Crippen molar-refractivity contribution in [3.8, 4) is 0 Å². The molecule has 0 atom stereocenters. The van der Waals surface area contributed by atoms with E-state index in [1.807, 2.05) is 0 Å². The molecule has 0 aromatic heterocycles. The molecule has 0 radical (unpaired) electrons. The smallest absolute Gasteiger partial charge is 0.0581 e. The highest BCUT2D eigenvalue weighted by Gasteiger charge is 1.81. The minimum Gasteiger partial charge on any atom is -0.394 e. The molecule has 0 aromatic carbocycles. The third-order valence-electron chi connectivity index (χ3n) is 0.492. The van der Waals surface area contributed by atoms with Crippen LogP contribution in [0.2, 0.25) is 0 Å². The zero-order valence-corrected chi connectivity index (χ0v) is 5.42. The summed E-state index contributed by atoms with van der Waals surface area (Å²) in [5.41, 5.74) is 5.25. The molecule has 0 aromatic rings. The lowest BCUT2D eigenvalue weighted by Gasteiger charge is -1.92. The molecular formula is C5H11NS. The lowest BCUT2D eigenvalue weighted by Crippen LogP contribution is -1.88. The molecular weight excluding hydrogens is 106 g/mol. The Hall–Kier alpha value is -0.110. The largest absolute Gasteiger partial charge is 0.394 e. The van der Waals surface area contributed by atoms with Crippen LogP contribution in [0.25, 0.3) is 0 Å². The first-order chi connectivity index (χ1) is 3.27.